The Morgan fingerprint density at radius 1 is 1.11 bits per heavy atom. The van der Waals surface area contributed by atoms with Crippen molar-refractivity contribution >= 4 is 5.91 Å². The van der Waals surface area contributed by atoms with Crippen molar-refractivity contribution in [3.63, 3.8) is 0 Å². The van der Waals surface area contributed by atoms with Crippen LogP contribution in [0.15, 0.2) is 0 Å². The lowest BCUT2D eigenvalue weighted by molar-refractivity contribution is -0.129. The van der Waals surface area contributed by atoms with Gasteiger partial charge in [-0.1, -0.05) is 0 Å². The van der Waals surface area contributed by atoms with Crippen LogP contribution in [0.1, 0.15) is 32.1 Å². The number of hydrogen-bond acceptors (Lipinski definition) is 3. The van der Waals surface area contributed by atoms with Gasteiger partial charge in [0.1, 0.15) is 0 Å². The van der Waals surface area contributed by atoms with Gasteiger partial charge in [-0.15, -0.1) is 0 Å². The summed E-state index contributed by atoms with van der Waals surface area (Å²) in [6, 6.07) is 0.639. The Kier molecular flexibility index (Phi) is 3.85. The van der Waals surface area contributed by atoms with E-state index in [1.807, 2.05) is 0 Å². The first-order valence-corrected chi connectivity index (χ1v) is 7.55. The van der Waals surface area contributed by atoms with E-state index in [1.54, 1.807) is 0 Å². The second-order valence-corrected chi connectivity index (χ2v) is 6.10. The SMILES string of the molecule is O=C(CNCC1CC1)N1CCC(N2CCCC2)C1. The van der Waals surface area contributed by atoms with Gasteiger partial charge in [0.25, 0.3) is 0 Å². The van der Waals surface area contributed by atoms with Gasteiger partial charge in [0.2, 0.25) is 5.91 Å². The first-order chi connectivity index (χ1) is 8.83. The molecule has 1 saturated carbocycles. The molecule has 4 nitrogen and oxygen atoms in total. The Balaban J connectivity index is 1.38. The molecule has 1 unspecified atom stereocenters. The van der Waals surface area contributed by atoms with Gasteiger partial charge in [-0.2, -0.15) is 0 Å². The molecule has 2 heterocycles. The molecule has 1 N–H and O–H groups in total. The predicted molar refractivity (Wildman–Crippen MR) is 71.4 cm³/mol. The molecule has 102 valence electrons. The fourth-order valence-corrected chi connectivity index (χ4v) is 3.19. The lowest BCUT2D eigenvalue weighted by Crippen LogP contribution is -2.40. The molecule has 2 aliphatic heterocycles. The fourth-order valence-electron chi connectivity index (χ4n) is 3.19. The summed E-state index contributed by atoms with van der Waals surface area (Å²) in [5, 5.41) is 3.30. The maximum atomic E-state index is 12.1. The van der Waals surface area contributed by atoms with Crippen LogP contribution in [0.2, 0.25) is 0 Å². The predicted octanol–water partition coefficient (Wildman–Crippen LogP) is 0.683. The van der Waals surface area contributed by atoms with E-state index in [0.717, 1.165) is 25.6 Å². The monoisotopic (exact) mass is 251 g/mol. The van der Waals surface area contributed by atoms with Crippen molar-refractivity contribution in [2.24, 2.45) is 5.92 Å². The van der Waals surface area contributed by atoms with Crippen molar-refractivity contribution in [2.75, 3.05) is 39.3 Å². The number of rotatable bonds is 5. The molecule has 0 aromatic heterocycles. The summed E-state index contributed by atoms with van der Waals surface area (Å²) in [6.45, 7) is 5.99. The molecule has 0 aromatic carbocycles. The molecule has 1 aliphatic carbocycles. The van der Waals surface area contributed by atoms with Crippen LogP contribution < -0.4 is 5.32 Å². The molecule has 0 spiro atoms. The van der Waals surface area contributed by atoms with Gasteiger partial charge in [-0.05, 0) is 57.7 Å². The Hall–Kier alpha value is -0.610. The molecule has 0 bridgehead atoms. The minimum atomic E-state index is 0.303. The van der Waals surface area contributed by atoms with Crippen LogP contribution in [0.5, 0.6) is 0 Å². The lowest BCUT2D eigenvalue weighted by Gasteiger charge is -2.23. The van der Waals surface area contributed by atoms with Crippen LogP contribution in [0.25, 0.3) is 0 Å². The molecule has 3 aliphatic rings. The third-order valence-electron chi connectivity index (χ3n) is 4.58. The van der Waals surface area contributed by atoms with Crippen LogP contribution in [0.3, 0.4) is 0 Å². The minimum Gasteiger partial charge on any atom is -0.340 e. The van der Waals surface area contributed by atoms with Gasteiger partial charge in [0, 0.05) is 19.1 Å². The quantitative estimate of drug-likeness (QED) is 0.780. The van der Waals surface area contributed by atoms with E-state index < -0.39 is 0 Å². The summed E-state index contributed by atoms with van der Waals surface area (Å²) in [5.41, 5.74) is 0. The number of amides is 1. The molecule has 0 aromatic rings. The van der Waals surface area contributed by atoms with Crippen molar-refractivity contribution in [3.05, 3.63) is 0 Å². The number of likely N-dealkylation sites (tertiary alicyclic amines) is 2. The lowest BCUT2D eigenvalue weighted by atomic mass is 10.2. The fraction of sp³-hybridized carbons (Fsp3) is 0.929. The Morgan fingerprint density at radius 2 is 1.89 bits per heavy atom. The molecule has 4 heteroatoms. The maximum Gasteiger partial charge on any atom is 0.236 e. The van der Waals surface area contributed by atoms with Crippen LogP contribution in [0, 0.1) is 5.92 Å². The highest BCUT2D eigenvalue weighted by atomic mass is 16.2. The average molecular weight is 251 g/mol. The van der Waals surface area contributed by atoms with Gasteiger partial charge < -0.3 is 10.2 Å². The number of nitrogens with zero attached hydrogens (tertiary/aromatic N) is 2. The molecular formula is C14H25N3O. The standard InChI is InChI=1S/C14H25N3O/c18-14(10-15-9-12-3-4-12)17-8-5-13(11-17)16-6-1-2-7-16/h12-13,15H,1-11H2. The largest absolute Gasteiger partial charge is 0.340 e. The van der Waals surface area contributed by atoms with Crippen molar-refractivity contribution < 1.29 is 4.79 Å². The molecule has 3 fully saturated rings. The maximum absolute atomic E-state index is 12.1. The number of hydrogen-bond donors (Lipinski definition) is 1. The molecule has 2 saturated heterocycles. The third kappa shape index (κ3) is 3.04. The van der Waals surface area contributed by atoms with Crippen molar-refractivity contribution in [3.8, 4) is 0 Å². The second kappa shape index (κ2) is 5.57. The van der Waals surface area contributed by atoms with Gasteiger partial charge in [0.15, 0.2) is 0 Å². The normalized spacial score (nSPS) is 29.1. The van der Waals surface area contributed by atoms with Crippen LogP contribution in [-0.2, 0) is 4.79 Å². The van der Waals surface area contributed by atoms with Gasteiger partial charge in [0.05, 0.1) is 6.54 Å². The summed E-state index contributed by atoms with van der Waals surface area (Å²) in [7, 11) is 0. The highest BCUT2D eigenvalue weighted by Crippen LogP contribution is 2.27. The van der Waals surface area contributed by atoms with E-state index in [9.17, 15) is 4.79 Å². The van der Waals surface area contributed by atoms with Crippen molar-refractivity contribution in [1.82, 2.24) is 15.1 Å². The van der Waals surface area contributed by atoms with Gasteiger partial charge in [-0.3, -0.25) is 9.69 Å². The summed E-state index contributed by atoms with van der Waals surface area (Å²) in [5.74, 6) is 1.16. The molecular weight excluding hydrogens is 226 g/mol. The third-order valence-corrected chi connectivity index (χ3v) is 4.58. The highest BCUT2D eigenvalue weighted by molar-refractivity contribution is 5.78. The van der Waals surface area contributed by atoms with E-state index in [2.05, 4.69) is 15.1 Å². The van der Waals surface area contributed by atoms with E-state index in [-0.39, 0.29) is 0 Å². The first kappa shape index (κ1) is 12.4. The van der Waals surface area contributed by atoms with Crippen LogP contribution >= 0.6 is 0 Å². The molecule has 1 atom stereocenters. The number of carbonyl (C=O) groups excluding carboxylic acids is 1. The van der Waals surface area contributed by atoms with Gasteiger partial charge >= 0.3 is 0 Å². The van der Waals surface area contributed by atoms with E-state index in [4.69, 9.17) is 0 Å². The molecule has 1 amide bonds. The van der Waals surface area contributed by atoms with Crippen molar-refractivity contribution in [1.29, 1.82) is 0 Å². The average Bonchev–Trinajstić information content (AvgIpc) is 2.87. The van der Waals surface area contributed by atoms with Crippen molar-refractivity contribution in [2.45, 2.75) is 38.1 Å². The smallest absolute Gasteiger partial charge is 0.236 e. The summed E-state index contributed by atoms with van der Waals surface area (Å²) >= 11 is 0. The van der Waals surface area contributed by atoms with E-state index in [0.29, 0.717) is 18.5 Å². The van der Waals surface area contributed by atoms with Gasteiger partial charge in [-0.25, -0.2) is 0 Å². The topological polar surface area (TPSA) is 35.6 Å². The Bertz CT molecular complexity index is 297. The Labute approximate surface area is 110 Å². The zero-order chi connectivity index (χ0) is 12.4. The first-order valence-electron chi connectivity index (χ1n) is 7.55. The summed E-state index contributed by atoms with van der Waals surface area (Å²) in [4.78, 5) is 16.7. The zero-order valence-corrected chi connectivity index (χ0v) is 11.2. The number of nitrogens with one attached hydrogen (secondary N) is 1. The molecule has 0 radical (unpaired) electrons. The zero-order valence-electron chi connectivity index (χ0n) is 11.2. The van der Waals surface area contributed by atoms with E-state index >= 15 is 0 Å². The van der Waals surface area contributed by atoms with E-state index in [1.165, 1.54) is 45.2 Å². The Morgan fingerprint density at radius 3 is 2.61 bits per heavy atom. The molecule has 18 heavy (non-hydrogen) atoms. The number of carbonyl (C=O) groups is 1. The van der Waals surface area contributed by atoms with Crippen LogP contribution in [0.4, 0.5) is 0 Å². The summed E-state index contributed by atoms with van der Waals surface area (Å²) < 4.78 is 0. The summed E-state index contributed by atoms with van der Waals surface area (Å²) in [6.07, 6.45) is 6.55. The minimum absolute atomic E-state index is 0.303. The van der Waals surface area contributed by atoms with Crippen LogP contribution in [-0.4, -0.2) is 61.0 Å². The highest BCUT2D eigenvalue weighted by Gasteiger charge is 2.31. The second-order valence-electron chi connectivity index (χ2n) is 6.10. The molecule has 3 rings (SSSR count).